The molecule has 0 saturated heterocycles. The van der Waals surface area contributed by atoms with Gasteiger partial charge in [-0.3, -0.25) is 4.79 Å². The third-order valence-corrected chi connectivity index (χ3v) is 6.72. The number of halogens is 2. The Morgan fingerprint density at radius 1 is 1.09 bits per heavy atom. The maximum Gasteiger partial charge on any atom is 0.339 e. The van der Waals surface area contributed by atoms with Gasteiger partial charge >= 0.3 is 10.1 Å². The van der Waals surface area contributed by atoms with Gasteiger partial charge in [-0.1, -0.05) is 53.0 Å². The van der Waals surface area contributed by atoms with Crippen molar-refractivity contribution in [2.45, 2.75) is 18.7 Å². The SMILES string of the molecule is CCOc1cc(/C=C(\C#N)C(=O)Nc2cccc(Cl)c2Cl)ccc1OS(=O)(=O)c1ccc(C)cc1. The number of benzene rings is 3. The molecule has 1 amide bonds. The van der Waals surface area contributed by atoms with E-state index in [1.54, 1.807) is 37.3 Å². The molecule has 3 aromatic rings. The lowest BCUT2D eigenvalue weighted by molar-refractivity contribution is -0.112. The van der Waals surface area contributed by atoms with Crippen LogP contribution >= 0.6 is 23.2 Å². The molecule has 0 saturated carbocycles. The van der Waals surface area contributed by atoms with Gasteiger partial charge in [0.1, 0.15) is 16.5 Å². The molecule has 3 aromatic carbocycles. The zero-order valence-electron chi connectivity index (χ0n) is 18.7. The molecular weight excluding hydrogens is 511 g/mol. The fourth-order valence-electron chi connectivity index (χ4n) is 2.93. The summed E-state index contributed by atoms with van der Waals surface area (Å²) in [6, 6.07) is 17.2. The number of nitrogens with zero attached hydrogens (tertiary/aromatic N) is 1. The topological polar surface area (TPSA) is 105 Å². The van der Waals surface area contributed by atoms with Crippen LogP contribution in [0.3, 0.4) is 0 Å². The molecule has 3 rings (SSSR count). The Morgan fingerprint density at radius 2 is 1.80 bits per heavy atom. The molecule has 0 aliphatic heterocycles. The van der Waals surface area contributed by atoms with Crippen LogP contribution in [0.15, 0.2) is 71.1 Å². The number of ether oxygens (including phenoxy) is 1. The van der Waals surface area contributed by atoms with Gasteiger partial charge in [-0.2, -0.15) is 13.7 Å². The normalized spacial score (nSPS) is 11.5. The number of carbonyl (C=O) groups is 1. The van der Waals surface area contributed by atoms with Crippen LogP contribution < -0.4 is 14.2 Å². The molecule has 1 N–H and O–H groups in total. The van der Waals surface area contributed by atoms with E-state index in [1.165, 1.54) is 36.4 Å². The highest BCUT2D eigenvalue weighted by atomic mass is 35.5. The van der Waals surface area contributed by atoms with Gasteiger partial charge in [0.15, 0.2) is 11.5 Å². The van der Waals surface area contributed by atoms with Crippen LogP contribution in [0.1, 0.15) is 18.1 Å². The molecule has 180 valence electrons. The second-order valence-corrected chi connectivity index (χ2v) is 9.55. The first-order valence-electron chi connectivity index (χ1n) is 10.3. The van der Waals surface area contributed by atoms with Gasteiger partial charge in [-0.25, -0.2) is 0 Å². The Labute approximate surface area is 213 Å². The lowest BCUT2D eigenvalue weighted by atomic mass is 10.1. The van der Waals surface area contributed by atoms with Crippen molar-refractivity contribution in [2.75, 3.05) is 11.9 Å². The summed E-state index contributed by atoms with van der Waals surface area (Å²) in [5, 5.41) is 12.5. The third kappa shape index (κ3) is 6.55. The maximum absolute atomic E-state index is 12.7. The molecule has 0 aliphatic carbocycles. The van der Waals surface area contributed by atoms with Gasteiger partial charge in [0, 0.05) is 0 Å². The molecule has 0 aromatic heterocycles. The molecule has 35 heavy (non-hydrogen) atoms. The molecule has 0 aliphatic rings. The summed E-state index contributed by atoms with van der Waals surface area (Å²) in [6.45, 7) is 3.80. The summed E-state index contributed by atoms with van der Waals surface area (Å²) in [7, 11) is -4.10. The number of hydrogen-bond donors (Lipinski definition) is 1. The molecule has 0 atom stereocenters. The predicted molar refractivity (Wildman–Crippen MR) is 135 cm³/mol. The number of nitriles is 1. The van der Waals surface area contributed by atoms with Gasteiger partial charge in [0.2, 0.25) is 0 Å². The van der Waals surface area contributed by atoms with Crippen LogP contribution in [0.25, 0.3) is 6.08 Å². The fourth-order valence-corrected chi connectivity index (χ4v) is 4.22. The Hall–Kier alpha value is -3.51. The monoisotopic (exact) mass is 530 g/mol. The summed E-state index contributed by atoms with van der Waals surface area (Å²) in [5.74, 6) is -0.595. The van der Waals surface area contributed by atoms with Crippen molar-refractivity contribution in [1.82, 2.24) is 0 Å². The number of hydrogen-bond acceptors (Lipinski definition) is 6. The van der Waals surface area contributed by atoms with Crippen molar-refractivity contribution in [3.8, 4) is 17.6 Å². The molecule has 0 bridgehead atoms. The van der Waals surface area contributed by atoms with E-state index in [2.05, 4.69) is 5.32 Å². The van der Waals surface area contributed by atoms with Crippen molar-refractivity contribution < 1.29 is 22.1 Å². The van der Waals surface area contributed by atoms with Crippen LogP contribution in [0.2, 0.25) is 10.0 Å². The lowest BCUT2D eigenvalue weighted by Crippen LogP contribution is -2.14. The smallest absolute Gasteiger partial charge is 0.339 e. The summed E-state index contributed by atoms with van der Waals surface area (Å²) in [4.78, 5) is 12.6. The highest BCUT2D eigenvalue weighted by Gasteiger charge is 2.20. The van der Waals surface area contributed by atoms with Crippen LogP contribution in [-0.4, -0.2) is 20.9 Å². The molecule has 0 fully saturated rings. The van der Waals surface area contributed by atoms with Crippen LogP contribution in [0, 0.1) is 18.3 Å². The number of rotatable bonds is 8. The highest BCUT2D eigenvalue weighted by Crippen LogP contribution is 2.33. The number of carbonyl (C=O) groups excluding carboxylic acids is 1. The quantitative estimate of drug-likeness (QED) is 0.217. The lowest BCUT2D eigenvalue weighted by Gasteiger charge is -2.13. The second-order valence-electron chi connectivity index (χ2n) is 7.22. The molecule has 0 radical (unpaired) electrons. The predicted octanol–water partition coefficient (Wildman–Crippen LogP) is 6.01. The van der Waals surface area contributed by atoms with E-state index in [0.717, 1.165) is 5.56 Å². The number of aryl methyl sites for hydroxylation is 1. The Balaban J connectivity index is 1.89. The first-order valence-corrected chi connectivity index (χ1v) is 12.5. The van der Waals surface area contributed by atoms with Gasteiger partial charge in [0.25, 0.3) is 5.91 Å². The largest absolute Gasteiger partial charge is 0.490 e. The summed E-state index contributed by atoms with van der Waals surface area (Å²) < 4.78 is 36.2. The molecule has 0 spiro atoms. The Kier molecular flexibility index (Phi) is 8.41. The van der Waals surface area contributed by atoms with Crippen LogP contribution in [-0.2, 0) is 14.9 Å². The highest BCUT2D eigenvalue weighted by molar-refractivity contribution is 7.87. The third-order valence-electron chi connectivity index (χ3n) is 4.65. The van der Waals surface area contributed by atoms with Crippen LogP contribution in [0.5, 0.6) is 11.5 Å². The molecular formula is C25H20Cl2N2O5S. The number of nitrogens with one attached hydrogen (secondary N) is 1. The number of amides is 1. The minimum Gasteiger partial charge on any atom is -0.490 e. The van der Waals surface area contributed by atoms with Crippen LogP contribution in [0.4, 0.5) is 5.69 Å². The zero-order chi connectivity index (χ0) is 25.6. The van der Waals surface area contributed by atoms with E-state index in [0.29, 0.717) is 5.56 Å². The van der Waals surface area contributed by atoms with E-state index >= 15 is 0 Å². The van der Waals surface area contributed by atoms with Gasteiger partial charge in [0.05, 0.1) is 22.3 Å². The zero-order valence-corrected chi connectivity index (χ0v) is 21.0. The standard InChI is InChI=1S/C25H20Cl2N2O5S/c1-3-33-23-14-17(9-12-22(23)34-35(31,32)19-10-7-16(2)8-11-19)13-18(15-28)25(30)29-21-6-4-5-20(26)24(21)27/h4-14H,3H2,1-2H3,(H,29,30)/b18-13+. The van der Waals surface area contributed by atoms with E-state index in [1.807, 2.05) is 13.0 Å². The number of anilines is 1. The minimum absolute atomic E-state index is 0.00219. The summed E-state index contributed by atoms with van der Waals surface area (Å²) in [6.07, 6.45) is 1.33. The molecule has 10 heteroatoms. The van der Waals surface area contributed by atoms with Gasteiger partial charge < -0.3 is 14.2 Å². The van der Waals surface area contributed by atoms with E-state index in [9.17, 15) is 18.5 Å². The van der Waals surface area contributed by atoms with Gasteiger partial charge in [-0.05, 0) is 61.9 Å². The van der Waals surface area contributed by atoms with Crippen molar-refractivity contribution >= 4 is 51.0 Å². The summed E-state index contributed by atoms with van der Waals surface area (Å²) >= 11 is 12.1. The second kappa shape index (κ2) is 11.3. The van der Waals surface area contributed by atoms with Crippen molar-refractivity contribution in [3.63, 3.8) is 0 Å². The van der Waals surface area contributed by atoms with Crippen molar-refractivity contribution in [1.29, 1.82) is 5.26 Å². The fraction of sp³-hybridized carbons (Fsp3) is 0.120. The Bertz CT molecular complexity index is 1430. The maximum atomic E-state index is 12.7. The minimum atomic E-state index is -4.10. The molecule has 0 heterocycles. The van der Waals surface area contributed by atoms with Gasteiger partial charge in [-0.15, -0.1) is 0 Å². The van der Waals surface area contributed by atoms with Crippen molar-refractivity contribution in [3.05, 3.63) is 87.4 Å². The van der Waals surface area contributed by atoms with E-state index < -0.39 is 16.0 Å². The average molecular weight is 531 g/mol. The first-order chi connectivity index (χ1) is 16.6. The first kappa shape index (κ1) is 26.1. The van der Waals surface area contributed by atoms with E-state index in [4.69, 9.17) is 32.1 Å². The molecule has 0 unspecified atom stereocenters. The van der Waals surface area contributed by atoms with E-state index in [-0.39, 0.29) is 44.3 Å². The molecule has 7 nitrogen and oxygen atoms in total. The van der Waals surface area contributed by atoms with Crippen molar-refractivity contribution in [2.24, 2.45) is 0 Å². The summed E-state index contributed by atoms with van der Waals surface area (Å²) in [5.41, 5.74) is 1.36. The Morgan fingerprint density at radius 3 is 2.46 bits per heavy atom. The average Bonchev–Trinajstić information content (AvgIpc) is 2.82.